The Labute approximate surface area is 200 Å². The van der Waals surface area contributed by atoms with E-state index in [1.807, 2.05) is 0 Å². The van der Waals surface area contributed by atoms with Crippen molar-refractivity contribution in [3.05, 3.63) is 97.9 Å². The number of amides is 1. The molecule has 4 nitrogen and oxygen atoms in total. The Bertz CT molecular complexity index is 1090. The van der Waals surface area contributed by atoms with E-state index in [9.17, 15) is 4.79 Å². The molecule has 0 aromatic heterocycles. The highest BCUT2D eigenvalue weighted by molar-refractivity contribution is 6.42. The lowest BCUT2D eigenvalue weighted by Crippen LogP contribution is -2.33. The minimum Gasteiger partial charge on any atom is -0.491 e. The third-order valence-electron chi connectivity index (χ3n) is 4.85. The van der Waals surface area contributed by atoms with Gasteiger partial charge in [-0.2, -0.15) is 0 Å². The van der Waals surface area contributed by atoms with Gasteiger partial charge in [-0.15, -0.1) is 0 Å². The van der Waals surface area contributed by atoms with Crippen molar-refractivity contribution in [3.8, 4) is 5.75 Å². The number of carbonyl (C=O) groups excluding carboxylic acids is 1. The van der Waals surface area contributed by atoms with Gasteiger partial charge >= 0.3 is 0 Å². The highest BCUT2D eigenvalue weighted by Gasteiger charge is 2.38. The van der Waals surface area contributed by atoms with Gasteiger partial charge in [0.15, 0.2) is 6.23 Å². The van der Waals surface area contributed by atoms with E-state index in [0.29, 0.717) is 43.5 Å². The van der Waals surface area contributed by atoms with Gasteiger partial charge in [-0.1, -0.05) is 64.6 Å². The summed E-state index contributed by atoms with van der Waals surface area (Å²) in [4.78, 5) is 14.9. The molecule has 8 heteroatoms. The molecule has 1 aliphatic heterocycles. The minimum atomic E-state index is -0.655. The molecule has 0 aliphatic carbocycles. The molecule has 1 heterocycles. The summed E-state index contributed by atoms with van der Waals surface area (Å²) in [5, 5.41) is 1.81. The molecule has 3 aromatic rings. The SMILES string of the molecule is O=C(c1ccccc1Cl)N1C[C@H](COc2ccc(Cl)cc2)O[C@@H]1c1ccc(Cl)c(Cl)c1. The average Bonchev–Trinajstić information content (AvgIpc) is 3.19. The highest BCUT2D eigenvalue weighted by atomic mass is 35.5. The van der Waals surface area contributed by atoms with Crippen LogP contribution in [0.2, 0.25) is 20.1 Å². The Kier molecular flexibility index (Phi) is 6.95. The maximum absolute atomic E-state index is 13.3. The molecule has 1 fully saturated rings. The van der Waals surface area contributed by atoms with Crippen molar-refractivity contribution >= 4 is 52.3 Å². The Hall–Kier alpha value is -1.95. The zero-order chi connectivity index (χ0) is 22.0. The zero-order valence-corrected chi connectivity index (χ0v) is 19.1. The Morgan fingerprint density at radius 3 is 2.39 bits per heavy atom. The zero-order valence-electron chi connectivity index (χ0n) is 16.1. The number of hydrogen-bond donors (Lipinski definition) is 0. The number of hydrogen-bond acceptors (Lipinski definition) is 3. The van der Waals surface area contributed by atoms with Crippen LogP contribution in [0, 0.1) is 0 Å². The molecule has 2 atom stereocenters. The summed E-state index contributed by atoms with van der Waals surface area (Å²) in [6, 6.07) is 19.1. The molecule has 1 saturated heterocycles. The fourth-order valence-electron chi connectivity index (χ4n) is 3.33. The Morgan fingerprint density at radius 1 is 0.935 bits per heavy atom. The van der Waals surface area contributed by atoms with E-state index in [0.717, 1.165) is 0 Å². The van der Waals surface area contributed by atoms with Crippen molar-refractivity contribution in [2.45, 2.75) is 12.3 Å². The Balaban J connectivity index is 1.58. The third-order valence-corrected chi connectivity index (χ3v) is 6.17. The molecule has 0 radical (unpaired) electrons. The van der Waals surface area contributed by atoms with Gasteiger partial charge in [0.05, 0.1) is 27.2 Å². The van der Waals surface area contributed by atoms with Crippen molar-refractivity contribution in [2.24, 2.45) is 0 Å². The maximum Gasteiger partial charge on any atom is 0.257 e. The van der Waals surface area contributed by atoms with E-state index < -0.39 is 6.23 Å². The van der Waals surface area contributed by atoms with Gasteiger partial charge in [0.25, 0.3) is 5.91 Å². The molecule has 1 aliphatic rings. The second-order valence-electron chi connectivity index (χ2n) is 6.99. The topological polar surface area (TPSA) is 38.8 Å². The predicted octanol–water partition coefficient (Wildman–Crippen LogP) is 6.92. The van der Waals surface area contributed by atoms with E-state index in [1.54, 1.807) is 71.6 Å². The fraction of sp³-hybridized carbons (Fsp3) is 0.174. The summed E-state index contributed by atoms with van der Waals surface area (Å²) >= 11 is 24.4. The number of ether oxygens (including phenoxy) is 2. The fourth-order valence-corrected chi connectivity index (χ4v) is 3.98. The van der Waals surface area contributed by atoms with Gasteiger partial charge < -0.3 is 14.4 Å². The Morgan fingerprint density at radius 2 is 1.68 bits per heavy atom. The lowest BCUT2D eigenvalue weighted by molar-refractivity contribution is -0.0118. The number of halogens is 4. The lowest BCUT2D eigenvalue weighted by atomic mass is 10.1. The maximum atomic E-state index is 13.3. The first-order chi connectivity index (χ1) is 14.9. The number of rotatable bonds is 5. The minimum absolute atomic E-state index is 0.240. The molecule has 0 N–H and O–H groups in total. The molecule has 0 unspecified atom stereocenters. The van der Waals surface area contributed by atoms with Crippen LogP contribution in [0.15, 0.2) is 66.7 Å². The third kappa shape index (κ3) is 5.11. The van der Waals surface area contributed by atoms with E-state index in [1.165, 1.54) is 0 Å². The molecule has 0 spiro atoms. The molecule has 31 heavy (non-hydrogen) atoms. The van der Waals surface area contributed by atoms with Gasteiger partial charge in [0, 0.05) is 10.6 Å². The van der Waals surface area contributed by atoms with Gasteiger partial charge in [0.1, 0.15) is 18.5 Å². The first kappa shape index (κ1) is 22.3. The molecule has 4 rings (SSSR count). The first-order valence-electron chi connectivity index (χ1n) is 9.46. The van der Waals surface area contributed by atoms with Crippen LogP contribution in [0.5, 0.6) is 5.75 Å². The summed E-state index contributed by atoms with van der Waals surface area (Å²) in [7, 11) is 0. The smallest absolute Gasteiger partial charge is 0.257 e. The van der Waals surface area contributed by atoms with Crippen molar-refractivity contribution in [2.75, 3.05) is 13.2 Å². The predicted molar refractivity (Wildman–Crippen MR) is 124 cm³/mol. The van der Waals surface area contributed by atoms with E-state index in [4.69, 9.17) is 55.9 Å². The van der Waals surface area contributed by atoms with Crippen LogP contribution in [-0.2, 0) is 4.74 Å². The quantitative estimate of drug-likeness (QED) is 0.384. The standard InChI is InChI=1S/C23H17Cl4NO3/c24-15-6-8-16(9-7-15)30-13-17-12-28(22(29)18-3-1-2-4-19(18)25)23(31-17)14-5-10-20(26)21(27)11-14/h1-11,17,23H,12-13H2/t17-,23-/m1/s1. The molecular formula is C23H17Cl4NO3. The first-order valence-corrected chi connectivity index (χ1v) is 11.0. The van der Waals surface area contributed by atoms with E-state index in [-0.39, 0.29) is 18.6 Å². The summed E-state index contributed by atoms with van der Waals surface area (Å²) in [6.45, 7) is 0.578. The molecular weight excluding hydrogens is 480 g/mol. The number of carbonyl (C=O) groups is 1. The van der Waals surface area contributed by atoms with Crippen LogP contribution in [0.1, 0.15) is 22.1 Å². The molecule has 3 aromatic carbocycles. The lowest BCUT2D eigenvalue weighted by Gasteiger charge is -2.24. The van der Waals surface area contributed by atoms with E-state index in [2.05, 4.69) is 0 Å². The van der Waals surface area contributed by atoms with Crippen molar-refractivity contribution in [1.29, 1.82) is 0 Å². The largest absolute Gasteiger partial charge is 0.491 e. The summed E-state index contributed by atoms with van der Waals surface area (Å²) in [5.74, 6) is 0.422. The highest BCUT2D eigenvalue weighted by Crippen LogP contribution is 2.35. The average molecular weight is 497 g/mol. The van der Waals surface area contributed by atoms with Gasteiger partial charge in [-0.05, 0) is 48.5 Å². The second kappa shape index (κ2) is 9.68. The number of benzene rings is 3. The van der Waals surface area contributed by atoms with Crippen LogP contribution in [0.25, 0.3) is 0 Å². The van der Waals surface area contributed by atoms with Crippen molar-refractivity contribution in [1.82, 2.24) is 4.90 Å². The van der Waals surface area contributed by atoms with Crippen LogP contribution in [0.3, 0.4) is 0 Å². The van der Waals surface area contributed by atoms with Gasteiger partial charge in [-0.3, -0.25) is 4.79 Å². The number of nitrogens with zero attached hydrogens (tertiary/aromatic N) is 1. The van der Waals surface area contributed by atoms with Crippen molar-refractivity contribution < 1.29 is 14.3 Å². The van der Waals surface area contributed by atoms with Crippen LogP contribution in [0.4, 0.5) is 0 Å². The van der Waals surface area contributed by atoms with Crippen LogP contribution >= 0.6 is 46.4 Å². The van der Waals surface area contributed by atoms with Crippen molar-refractivity contribution in [3.63, 3.8) is 0 Å². The summed E-state index contributed by atoms with van der Waals surface area (Å²) in [6.07, 6.45) is -1.01. The summed E-state index contributed by atoms with van der Waals surface area (Å²) < 4.78 is 12.0. The second-order valence-corrected chi connectivity index (χ2v) is 8.64. The molecule has 1 amide bonds. The molecule has 0 bridgehead atoms. The summed E-state index contributed by atoms with van der Waals surface area (Å²) in [5.41, 5.74) is 1.11. The van der Waals surface area contributed by atoms with E-state index >= 15 is 0 Å². The van der Waals surface area contributed by atoms with Crippen LogP contribution in [-0.4, -0.2) is 30.1 Å². The molecule has 160 valence electrons. The van der Waals surface area contributed by atoms with Crippen LogP contribution < -0.4 is 4.74 Å². The normalized spacial score (nSPS) is 18.3. The monoisotopic (exact) mass is 495 g/mol. The van der Waals surface area contributed by atoms with Gasteiger partial charge in [0.2, 0.25) is 0 Å². The van der Waals surface area contributed by atoms with Gasteiger partial charge in [-0.25, -0.2) is 0 Å². The molecule has 0 saturated carbocycles.